The van der Waals surface area contributed by atoms with Gasteiger partial charge in [0.15, 0.2) is 0 Å². The Kier molecular flexibility index (Phi) is 4.37. The standard InChI is InChI=1S/C20H26N4/c1-2-18-9-5-6-11-24(18)20-13-19(21-15-22-20)23-12-10-16-7-3-4-8-17(16)14-23/h3-4,7-8,13,15,18H,2,5-6,9-12,14H2,1H3. The van der Waals surface area contributed by atoms with E-state index in [-0.39, 0.29) is 0 Å². The zero-order valence-electron chi connectivity index (χ0n) is 14.5. The van der Waals surface area contributed by atoms with Crippen molar-refractivity contribution in [2.24, 2.45) is 0 Å². The molecule has 1 saturated heterocycles. The Morgan fingerprint density at radius 3 is 2.75 bits per heavy atom. The van der Waals surface area contributed by atoms with Crippen molar-refractivity contribution >= 4 is 11.6 Å². The topological polar surface area (TPSA) is 32.3 Å². The number of piperidine rings is 1. The highest BCUT2D eigenvalue weighted by molar-refractivity contribution is 5.52. The summed E-state index contributed by atoms with van der Waals surface area (Å²) in [5.74, 6) is 2.17. The fourth-order valence-electron chi connectivity index (χ4n) is 4.09. The molecule has 0 spiro atoms. The van der Waals surface area contributed by atoms with Gasteiger partial charge in [-0.15, -0.1) is 0 Å². The summed E-state index contributed by atoms with van der Waals surface area (Å²) in [5, 5.41) is 0. The summed E-state index contributed by atoms with van der Waals surface area (Å²) in [7, 11) is 0. The lowest BCUT2D eigenvalue weighted by Gasteiger charge is -2.37. The van der Waals surface area contributed by atoms with E-state index in [9.17, 15) is 0 Å². The van der Waals surface area contributed by atoms with Crippen molar-refractivity contribution in [1.29, 1.82) is 0 Å². The first-order valence-electron chi connectivity index (χ1n) is 9.25. The fraction of sp³-hybridized carbons (Fsp3) is 0.500. The highest BCUT2D eigenvalue weighted by Crippen LogP contribution is 2.28. The van der Waals surface area contributed by atoms with Gasteiger partial charge in [0.25, 0.3) is 0 Å². The Bertz CT molecular complexity index is 700. The average Bonchev–Trinajstić information content (AvgIpc) is 2.67. The first-order chi connectivity index (χ1) is 11.8. The number of anilines is 2. The molecule has 0 aliphatic carbocycles. The molecule has 2 aromatic rings. The molecule has 2 aliphatic rings. The van der Waals surface area contributed by atoms with E-state index in [1.54, 1.807) is 6.33 Å². The molecule has 4 heteroatoms. The summed E-state index contributed by atoms with van der Waals surface area (Å²) < 4.78 is 0. The van der Waals surface area contributed by atoms with Gasteiger partial charge in [-0.25, -0.2) is 9.97 Å². The second-order valence-electron chi connectivity index (χ2n) is 6.93. The third-order valence-electron chi connectivity index (χ3n) is 5.49. The van der Waals surface area contributed by atoms with Crippen molar-refractivity contribution in [3.8, 4) is 0 Å². The zero-order chi connectivity index (χ0) is 16.4. The fourth-order valence-corrected chi connectivity index (χ4v) is 4.09. The van der Waals surface area contributed by atoms with Gasteiger partial charge >= 0.3 is 0 Å². The van der Waals surface area contributed by atoms with Gasteiger partial charge in [-0.3, -0.25) is 0 Å². The van der Waals surface area contributed by atoms with E-state index in [1.807, 2.05) is 0 Å². The lowest BCUT2D eigenvalue weighted by molar-refractivity contribution is 0.446. The predicted octanol–water partition coefficient (Wildman–Crippen LogP) is 3.81. The number of nitrogens with zero attached hydrogens (tertiary/aromatic N) is 4. The van der Waals surface area contributed by atoms with Crippen molar-refractivity contribution < 1.29 is 0 Å². The molecular formula is C20H26N4. The quantitative estimate of drug-likeness (QED) is 0.860. The van der Waals surface area contributed by atoms with Crippen molar-refractivity contribution in [3.63, 3.8) is 0 Å². The summed E-state index contributed by atoms with van der Waals surface area (Å²) in [6.45, 7) is 5.39. The van der Waals surface area contributed by atoms with Crippen molar-refractivity contribution in [2.75, 3.05) is 22.9 Å². The smallest absolute Gasteiger partial charge is 0.134 e. The summed E-state index contributed by atoms with van der Waals surface area (Å²) >= 11 is 0. The molecule has 1 aromatic heterocycles. The van der Waals surface area contributed by atoms with E-state index in [1.165, 1.54) is 36.8 Å². The van der Waals surface area contributed by atoms with Gasteiger partial charge < -0.3 is 9.80 Å². The minimum atomic E-state index is 0.628. The molecule has 1 aromatic carbocycles. The van der Waals surface area contributed by atoms with Gasteiger partial charge in [-0.05, 0) is 43.2 Å². The van der Waals surface area contributed by atoms with Gasteiger partial charge in [-0.2, -0.15) is 0 Å². The lowest BCUT2D eigenvalue weighted by atomic mass is 9.99. The Hall–Kier alpha value is -2.10. The molecule has 1 atom stereocenters. The summed E-state index contributed by atoms with van der Waals surface area (Å²) in [6.07, 6.45) is 7.93. The summed E-state index contributed by atoms with van der Waals surface area (Å²) in [5.41, 5.74) is 2.90. The van der Waals surface area contributed by atoms with Crippen LogP contribution in [0.25, 0.3) is 0 Å². The molecule has 24 heavy (non-hydrogen) atoms. The van der Waals surface area contributed by atoms with Crippen LogP contribution in [0.3, 0.4) is 0 Å². The molecule has 126 valence electrons. The molecule has 0 amide bonds. The van der Waals surface area contributed by atoms with Crippen LogP contribution >= 0.6 is 0 Å². The molecule has 0 radical (unpaired) electrons. The Labute approximate surface area is 144 Å². The van der Waals surface area contributed by atoms with E-state index in [0.717, 1.165) is 37.7 Å². The maximum atomic E-state index is 4.59. The van der Waals surface area contributed by atoms with E-state index >= 15 is 0 Å². The van der Waals surface area contributed by atoms with Crippen LogP contribution < -0.4 is 9.80 Å². The maximum Gasteiger partial charge on any atom is 0.134 e. The maximum absolute atomic E-state index is 4.59. The third kappa shape index (κ3) is 2.97. The normalized spacial score (nSPS) is 20.8. The summed E-state index contributed by atoms with van der Waals surface area (Å²) in [6, 6.07) is 11.6. The van der Waals surface area contributed by atoms with Crippen molar-refractivity contribution in [2.45, 2.75) is 51.6 Å². The van der Waals surface area contributed by atoms with E-state index in [2.05, 4.69) is 57.0 Å². The second-order valence-corrected chi connectivity index (χ2v) is 6.93. The SMILES string of the molecule is CCC1CCCCN1c1cc(N2CCc3ccccc3C2)ncn1. The number of fused-ring (bicyclic) bond motifs is 1. The van der Waals surface area contributed by atoms with Crippen LogP contribution in [0, 0.1) is 0 Å². The van der Waals surface area contributed by atoms with Crippen LogP contribution in [0.15, 0.2) is 36.7 Å². The number of hydrogen-bond acceptors (Lipinski definition) is 4. The number of aromatic nitrogens is 2. The van der Waals surface area contributed by atoms with Crippen LogP contribution in [0.4, 0.5) is 11.6 Å². The molecule has 2 aliphatic heterocycles. The highest BCUT2D eigenvalue weighted by atomic mass is 15.2. The number of benzene rings is 1. The van der Waals surface area contributed by atoms with E-state index in [0.29, 0.717) is 6.04 Å². The monoisotopic (exact) mass is 322 g/mol. The van der Waals surface area contributed by atoms with E-state index in [4.69, 9.17) is 0 Å². The first kappa shape index (κ1) is 15.4. The van der Waals surface area contributed by atoms with Gasteiger partial charge in [0.05, 0.1) is 0 Å². The van der Waals surface area contributed by atoms with E-state index < -0.39 is 0 Å². The van der Waals surface area contributed by atoms with Gasteiger partial charge in [0.2, 0.25) is 0 Å². The molecule has 4 nitrogen and oxygen atoms in total. The molecule has 4 rings (SSSR count). The highest BCUT2D eigenvalue weighted by Gasteiger charge is 2.23. The molecule has 0 N–H and O–H groups in total. The lowest BCUT2D eigenvalue weighted by Crippen LogP contribution is -2.40. The van der Waals surface area contributed by atoms with Crippen molar-refractivity contribution in [3.05, 3.63) is 47.8 Å². The van der Waals surface area contributed by atoms with Gasteiger partial charge in [-0.1, -0.05) is 31.2 Å². The van der Waals surface area contributed by atoms with Gasteiger partial charge in [0.1, 0.15) is 18.0 Å². The molecule has 1 unspecified atom stereocenters. The Morgan fingerprint density at radius 2 is 1.88 bits per heavy atom. The van der Waals surface area contributed by atoms with Crippen LogP contribution in [0.5, 0.6) is 0 Å². The van der Waals surface area contributed by atoms with Crippen molar-refractivity contribution in [1.82, 2.24) is 9.97 Å². The van der Waals surface area contributed by atoms with Crippen LogP contribution in [-0.4, -0.2) is 29.1 Å². The molecule has 3 heterocycles. The number of rotatable bonds is 3. The Balaban J connectivity index is 1.57. The zero-order valence-corrected chi connectivity index (χ0v) is 14.5. The van der Waals surface area contributed by atoms with Crippen LogP contribution in [0.1, 0.15) is 43.7 Å². The number of hydrogen-bond donors (Lipinski definition) is 0. The average molecular weight is 322 g/mol. The molecular weight excluding hydrogens is 296 g/mol. The minimum absolute atomic E-state index is 0.628. The molecule has 1 fully saturated rings. The van der Waals surface area contributed by atoms with Crippen LogP contribution in [-0.2, 0) is 13.0 Å². The minimum Gasteiger partial charge on any atom is -0.353 e. The van der Waals surface area contributed by atoms with Crippen LogP contribution in [0.2, 0.25) is 0 Å². The predicted molar refractivity (Wildman–Crippen MR) is 98.5 cm³/mol. The van der Waals surface area contributed by atoms with Gasteiger partial charge in [0, 0.05) is 31.7 Å². The first-order valence-corrected chi connectivity index (χ1v) is 9.25. The third-order valence-corrected chi connectivity index (χ3v) is 5.49. The molecule has 0 bridgehead atoms. The summed E-state index contributed by atoms with van der Waals surface area (Å²) in [4.78, 5) is 14.0. The largest absolute Gasteiger partial charge is 0.353 e. The second kappa shape index (κ2) is 6.80. The molecule has 0 saturated carbocycles. The Morgan fingerprint density at radius 1 is 1.04 bits per heavy atom.